The van der Waals surface area contributed by atoms with Crippen LogP contribution in [-0.2, 0) is 16.1 Å². The molecule has 1 aromatic carbocycles. The summed E-state index contributed by atoms with van der Waals surface area (Å²) >= 11 is 2.88. The number of anilines is 2. The van der Waals surface area contributed by atoms with E-state index < -0.39 is 5.25 Å². The summed E-state index contributed by atoms with van der Waals surface area (Å²) in [6.07, 6.45) is 3.94. The molecule has 6 nitrogen and oxygen atoms in total. The predicted octanol–water partition coefficient (Wildman–Crippen LogP) is 3.57. The average molecular weight is 403 g/mol. The van der Waals surface area contributed by atoms with Crippen LogP contribution in [0.5, 0.6) is 0 Å². The first-order valence-corrected chi connectivity index (χ1v) is 11.0. The van der Waals surface area contributed by atoms with Gasteiger partial charge in [0.1, 0.15) is 0 Å². The van der Waals surface area contributed by atoms with Gasteiger partial charge in [-0.15, -0.1) is 23.1 Å². The van der Waals surface area contributed by atoms with Gasteiger partial charge in [-0.3, -0.25) is 14.5 Å². The molecule has 2 amide bonds. The number of amides is 2. The molecule has 2 aliphatic rings. The van der Waals surface area contributed by atoms with Crippen molar-refractivity contribution in [3.8, 4) is 0 Å². The smallest absolute Gasteiger partial charge is 0.238 e. The van der Waals surface area contributed by atoms with Gasteiger partial charge in [0.2, 0.25) is 11.8 Å². The Morgan fingerprint density at radius 2 is 2.07 bits per heavy atom. The minimum Gasteiger partial charge on any atom is -0.324 e. The summed E-state index contributed by atoms with van der Waals surface area (Å²) in [5, 5.41) is 7.90. The van der Waals surface area contributed by atoms with E-state index in [4.69, 9.17) is 0 Å². The molecule has 0 radical (unpaired) electrons. The van der Waals surface area contributed by atoms with Crippen molar-refractivity contribution < 1.29 is 9.59 Å². The Bertz CT molecular complexity index is 833. The number of rotatable bonds is 5. The number of piperidine rings is 1. The first kappa shape index (κ1) is 18.5. The third-order valence-corrected chi connectivity index (χ3v) is 6.79. The molecule has 1 saturated heterocycles. The number of nitrogens with zero attached hydrogens (tertiary/aromatic N) is 2. The maximum atomic E-state index is 12.4. The highest BCUT2D eigenvalue weighted by Gasteiger charge is 2.29. The largest absolute Gasteiger partial charge is 0.324 e. The average Bonchev–Trinajstić information content (AvgIpc) is 3.10. The molecule has 2 aliphatic heterocycles. The predicted molar refractivity (Wildman–Crippen MR) is 109 cm³/mol. The minimum atomic E-state index is -0.423. The van der Waals surface area contributed by atoms with Gasteiger partial charge in [-0.1, -0.05) is 18.6 Å². The lowest BCUT2D eigenvalue weighted by molar-refractivity contribution is -0.120. The summed E-state index contributed by atoms with van der Waals surface area (Å²) in [5.74, 6) is -0.306. The Balaban J connectivity index is 1.31. The van der Waals surface area contributed by atoms with Crippen molar-refractivity contribution in [2.24, 2.45) is 0 Å². The van der Waals surface area contributed by atoms with E-state index >= 15 is 0 Å². The zero-order chi connectivity index (χ0) is 18.6. The van der Waals surface area contributed by atoms with Crippen molar-refractivity contribution in [2.75, 3.05) is 23.7 Å². The number of para-hydroxylation sites is 1. The van der Waals surface area contributed by atoms with Crippen LogP contribution < -0.4 is 10.6 Å². The van der Waals surface area contributed by atoms with Gasteiger partial charge in [-0.2, -0.15) is 0 Å². The molecule has 27 heavy (non-hydrogen) atoms. The molecule has 142 valence electrons. The maximum absolute atomic E-state index is 12.4. The number of likely N-dealkylation sites (tertiary alicyclic amines) is 1. The Morgan fingerprint density at radius 3 is 2.93 bits per heavy atom. The van der Waals surface area contributed by atoms with E-state index in [1.54, 1.807) is 0 Å². The van der Waals surface area contributed by atoms with E-state index in [9.17, 15) is 9.59 Å². The summed E-state index contributed by atoms with van der Waals surface area (Å²) in [4.78, 5) is 32.6. The van der Waals surface area contributed by atoms with Crippen molar-refractivity contribution >= 4 is 45.7 Å². The Labute approximate surface area is 166 Å². The molecule has 1 fully saturated rings. The maximum Gasteiger partial charge on any atom is 0.238 e. The van der Waals surface area contributed by atoms with Gasteiger partial charge in [0.15, 0.2) is 5.13 Å². The lowest BCUT2D eigenvalue weighted by Crippen LogP contribution is -2.32. The van der Waals surface area contributed by atoms with Gasteiger partial charge >= 0.3 is 0 Å². The van der Waals surface area contributed by atoms with Crippen LogP contribution in [0.25, 0.3) is 0 Å². The number of thiazole rings is 1. The number of fused-ring (bicyclic) bond motifs is 1. The lowest BCUT2D eigenvalue weighted by atomic mass is 10.1. The van der Waals surface area contributed by atoms with Gasteiger partial charge in [-0.05, 0) is 38.1 Å². The van der Waals surface area contributed by atoms with E-state index in [-0.39, 0.29) is 18.2 Å². The summed E-state index contributed by atoms with van der Waals surface area (Å²) in [7, 11) is 0. The molecule has 3 heterocycles. The Kier molecular flexibility index (Phi) is 5.75. The molecule has 0 saturated carbocycles. The third-order valence-electron chi connectivity index (χ3n) is 4.71. The van der Waals surface area contributed by atoms with Gasteiger partial charge in [0.25, 0.3) is 0 Å². The van der Waals surface area contributed by atoms with Crippen molar-refractivity contribution in [1.82, 2.24) is 9.88 Å². The molecule has 0 aliphatic carbocycles. The van der Waals surface area contributed by atoms with Gasteiger partial charge in [-0.25, -0.2) is 4.98 Å². The molecule has 0 bridgehead atoms. The number of hydrogen-bond acceptors (Lipinski definition) is 6. The van der Waals surface area contributed by atoms with Crippen LogP contribution in [-0.4, -0.2) is 40.0 Å². The zero-order valence-electron chi connectivity index (χ0n) is 14.9. The molecule has 0 unspecified atom stereocenters. The molecule has 1 atom stereocenters. The topological polar surface area (TPSA) is 74.3 Å². The monoisotopic (exact) mass is 402 g/mol. The van der Waals surface area contributed by atoms with Crippen LogP contribution in [0, 0.1) is 0 Å². The second-order valence-electron chi connectivity index (χ2n) is 6.83. The number of carbonyl (C=O) groups excluding carboxylic acids is 2. The van der Waals surface area contributed by atoms with Crippen LogP contribution in [0.15, 0.2) is 34.5 Å². The number of aromatic nitrogens is 1. The number of benzene rings is 1. The van der Waals surface area contributed by atoms with Crippen LogP contribution in [0.4, 0.5) is 10.8 Å². The lowest BCUT2D eigenvalue weighted by Gasteiger charge is -2.25. The van der Waals surface area contributed by atoms with E-state index in [1.165, 1.54) is 42.4 Å². The molecule has 4 rings (SSSR count). The van der Waals surface area contributed by atoms with E-state index in [2.05, 4.69) is 20.5 Å². The first-order chi connectivity index (χ1) is 13.2. The van der Waals surface area contributed by atoms with Crippen LogP contribution in [0.1, 0.15) is 31.4 Å². The second-order valence-corrected chi connectivity index (χ2v) is 8.93. The summed E-state index contributed by atoms with van der Waals surface area (Å²) in [6, 6.07) is 7.64. The fourth-order valence-corrected chi connectivity index (χ4v) is 5.18. The molecule has 2 aromatic rings. The van der Waals surface area contributed by atoms with Crippen molar-refractivity contribution in [2.45, 2.75) is 42.4 Å². The zero-order valence-corrected chi connectivity index (χ0v) is 16.6. The first-order valence-electron chi connectivity index (χ1n) is 9.20. The second kappa shape index (κ2) is 8.41. The minimum absolute atomic E-state index is 0.126. The van der Waals surface area contributed by atoms with Crippen molar-refractivity contribution in [3.05, 3.63) is 35.3 Å². The summed E-state index contributed by atoms with van der Waals surface area (Å²) < 4.78 is 0. The van der Waals surface area contributed by atoms with Crippen LogP contribution >= 0.6 is 23.1 Å². The van der Waals surface area contributed by atoms with Gasteiger partial charge in [0.05, 0.1) is 16.6 Å². The Hall–Kier alpha value is -1.90. The molecule has 2 N–H and O–H groups in total. The highest BCUT2D eigenvalue weighted by atomic mass is 32.2. The van der Waals surface area contributed by atoms with Crippen molar-refractivity contribution in [1.29, 1.82) is 0 Å². The molecular weight excluding hydrogens is 380 g/mol. The molecule has 8 heteroatoms. The SMILES string of the molecule is O=C(C[C@H]1Sc2ccccc2NC1=O)Nc1nc(CN2CCCCC2)cs1. The standard InChI is InChI=1S/C19H22N4O2S2/c24-17(10-16-18(25)21-14-6-2-3-7-15(14)27-16)22-19-20-13(12-26-19)11-23-8-4-1-5-9-23/h2-3,6-7,12,16H,1,4-5,8-11H2,(H,21,25)(H,20,22,24)/t16-/m1/s1. The number of hydrogen-bond donors (Lipinski definition) is 2. The normalized spacial score (nSPS) is 20.0. The van der Waals surface area contributed by atoms with E-state index in [0.29, 0.717) is 5.13 Å². The highest BCUT2D eigenvalue weighted by Crippen LogP contribution is 2.36. The van der Waals surface area contributed by atoms with E-state index in [0.717, 1.165) is 35.9 Å². The molecule has 0 spiro atoms. The van der Waals surface area contributed by atoms with Crippen LogP contribution in [0.3, 0.4) is 0 Å². The van der Waals surface area contributed by atoms with Gasteiger partial charge < -0.3 is 10.6 Å². The molecular formula is C19H22N4O2S2. The fraction of sp³-hybridized carbons (Fsp3) is 0.421. The van der Waals surface area contributed by atoms with Gasteiger partial charge in [0, 0.05) is 23.2 Å². The third kappa shape index (κ3) is 4.69. The van der Waals surface area contributed by atoms with Crippen LogP contribution in [0.2, 0.25) is 0 Å². The Morgan fingerprint density at radius 1 is 1.26 bits per heavy atom. The summed E-state index contributed by atoms with van der Waals surface area (Å²) in [6.45, 7) is 3.08. The quantitative estimate of drug-likeness (QED) is 0.800. The molecule has 1 aromatic heterocycles. The fourth-order valence-electron chi connectivity index (χ4n) is 3.35. The van der Waals surface area contributed by atoms with Crippen molar-refractivity contribution in [3.63, 3.8) is 0 Å². The number of thioether (sulfide) groups is 1. The number of nitrogens with one attached hydrogen (secondary N) is 2. The van der Waals surface area contributed by atoms with E-state index in [1.807, 2.05) is 29.6 Å². The number of carbonyl (C=O) groups is 2. The highest BCUT2D eigenvalue weighted by molar-refractivity contribution is 8.01. The summed E-state index contributed by atoms with van der Waals surface area (Å²) in [5.41, 5.74) is 1.81.